The number of nitrogens with zero attached hydrogens (tertiary/aromatic N) is 2. The molecule has 1 saturated heterocycles. The first-order valence-electron chi connectivity index (χ1n) is 8.52. The fourth-order valence-electron chi connectivity index (χ4n) is 3.77. The second kappa shape index (κ2) is 8.61. The van der Waals surface area contributed by atoms with Gasteiger partial charge < -0.3 is 21.4 Å². The number of aromatic nitrogens is 1. The standard InChI is InChI=1S/C19H21N5O.2ClH/c20-19(21)23-18(25)12-5-6-15-14-3-1-2-4-16(14)24(17(15)11-12)13-7-9-22-10-8-13;;/h1-6,11,13,22H,7-10H2,(H4,20,21,23,25);2*1H. The molecule has 1 amide bonds. The summed E-state index contributed by atoms with van der Waals surface area (Å²) in [7, 11) is 0. The number of piperidine rings is 1. The molecule has 0 atom stereocenters. The highest BCUT2D eigenvalue weighted by Crippen LogP contribution is 2.35. The molecule has 1 aromatic heterocycles. The molecular weight excluding hydrogens is 385 g/mol. The van der Waals surface area contributed by atoms with Crippen molar-refractivity contribution in [2.45, 2.75) is 18.9 Å². The third kappa shape index (κ3) is 3.88. The number of rotatable bonds is 2. The van der Waals surface area contributed by atoms with E-state index < -0.39 is 5.91 Å². The van der Waals surface area contributed by atoms with Crippen LogP contribution in [-0.2, 0) is 0 Å². The van der Waals surface area contributed by atoms with E-state index in [9.17, 15) is 4.79 Å². The summed E-state index contributed by atoms with van der Waals surface area (Å²) in [4.78, 5) is 15.9. The minimum absolute atomic E-state index is 0. The lowest BCUT2D eigenvalue weighted by molar-refractivity contribution is 0.100. The number of amides is 1. The fourth-order valence-corrected chi connectivity index (χ4v) is 3.77. The van der Waals surface area contributed by atoms with Crippen LogP contribution in [0.4, 0.5) is 0 Å². The van der Waals surface area contributed by atoms with Crippen LogP contribution in [-0.4, -0.2) is 29.5 Å². The lowest BCUT2D eigenvalue weighted by Gasteiger charge is -2.26. The number of carbonyl (C=O) groups excluding carboxylic acids is 1. The minimum Gasteiger partial charge on any atom is -0.370 e. The summed E-state index contributed by atoms with van der Waals surface area (Å²) in [5.74, 6) is -0.631. The minimum atomic E-state index is -0.413. The maximum absolute atomic E-state index is 12.2. The first kappa shape index (κ1) is 21.0. The number of nitrogens with one attached hydrogen (secondary N) is 1. The Hall–Kier alpha value is -2.28. The van der Waals surface area contributed by atoms with Crippen LogP contribution in [0.5, 0.6) is 0 Å². The van der Waals surface area contributed by atoms with Gasteiger partial charge in [0.25, 0.3) is 5.91 Å². The number of halogens is 2. The summed E-state index contributed by atoms with van der Waals surface area (Å²) in [6.45, 7) is 2.01. The molecule has 6 nitrogen and oxygen atoms in total. The van der Waals surface area contributed by atoms with Crippen LogP contribution in [0.1, 0.15) is 29.2 Å². The van der Waals surface area contributed by atoms with Crippen LogP contribution in [0.2, 0.25) is 0 Å². The average Bonchev–Trinajstić information content (AvgIpc) is 2.95. The lowest BCUT2D eigenvalue weighted by Crippen LogP contribution is -2.29. The lowest BCUT2D eigenvalue weighted by atomic mass is 10.1. The van der Waals surface area contributed by atoms with Crippen LogP contribution >= 0.6 is 24.8 Å². The van der Waals surface area contributed by atoms with Crippen molar-refractivity contribution in [3.63, 3.8) is 0 Å². The molecule has 0 spiro atoms. The molecule has 0 saturated carbocycles. The van der Waals surface area contributed by atoms with E-state index in [0.717, 1.165) is 36.8 Å². The van der Waals surface area contributed by atoms with Crippen molar-refractivity contribution in [3.8, 4) is 0 Å². The van der Waals surface area contributed by atoms with E-state index in [1.807, 2.05) is 18.2 Å². The number of benzene rings is 2. The van der Waals surface area contributed by atoms with Crippen molar-refractivity contribution in [2.75, 3.05) is 13.1 Å². The van der Waals surface area contributed by atoms with Gasteiger partial charge in [0.05, 0.1) is 5.52 Å². The summed E-state index contributed by atoms with van der Waals surface area (Å²) in [5, 5.41) is 5.76. The molecule has 0 radical (unpaired) electrons. The summed E-state index contributed by atoms with van der Waals surface area (Å²) in [6.07, 6.45) is 2.14. The molecule has 1 aliphatic heterocycles. The monoisotopic (exact) mass is 407 g/mol. The van der Waals surface area contributed by atoms with E-state index in [4.69, 9.17) is 11.5 Å². The molecule has 27 heavy (non-hydrogen) atoms. The molecule has 8 heteroatoms. The Morgan fingerprint density at radius 1 is 1.00 bits per heavy atom. The molecule has 144 valence electrons. The van der Waals surface area contributed by atoms with Gasteiger partial charge in [-0.3, -0.25) is 4.79 Å². The fraction of sp³-hybridized carbons (Fsp3) is 0.263. The van der Waals surface area contributed by atoms with Crippen molar-refractivity contribution >= 4 is 58.5 Å². The van der Waals surface area contributed by atoms with Gasteiger partial charge in [-0.2, -0.15) is 4.99 Å². The van der Waals surface area contributed by atoms with Crippen LogP contribution in [0.25, 0.3) is 21.8 Å². The van der Waals surface area contributed by atoms with Gasteiger partial charge >= 0.3 is 0 Å². The van der Waals surface area contributed by atoms with Crippen LogP contribution in [0.3, 0.4) is 0 Å². The van der Waals surface area contributed by atoms with Crippen LogP contribution < -0.4 is 16.8 Å². The number of fused-ring (bicyclic) bond motifs is 3. The Balaban J connectivity index is 0.00000131. The van der Waals surface area contributed by atoms with Gasteiger partial charge in [-0.15, -0.1) is 24.8 Å². The topological polar surface area (TPSA) is 98.4 Å². The molecule has 2 aromatic carbocycles. The van der Waals surface area contributed by atoms with Crippen molar-refractivity contribution in [3.05, 3.63) is 48.0 Å². The zero-order valence-electron chi connectivity index (χ0n) is 14.7. The molecule has 5 N–H and O–H groups in total. The molecule has 1 fully saturated rings. The zero-order valence-corrected chi connectivity index (χ0v) is 16.4. The molecule has 0 aliphatic carbocycles. The Bertz CT molecular complexity index is 988. The number of guanidine groups is 1. The summed E-state index contributed by atoms with van der Waals surface area (Å²) in [6, 6.07) is 14.5. The summed E-state index contributed by atoms with van der Waals surface area (Å²) >= 11 is 0. The third-order valence-corrected chi connectivity index (χ3v) is 4.86. The van der Waals surface area contributed by atoms with Crippen molar-refractivity contribution in [1.82, 2.24) is 9.88 Å². The predicted octanol–water partition coefficient (Wildman–Crippen LogP) is 2.98. The Kier molecular flexibility index (Phi) is 6.70. The number of aliphatic imine (C=N–C) groups is 1. The molecule has 4 rings (SSSR count). The van der Waals surface area contributed by atoms with E-state index >= 15 is 0 Å². The molecule has 0 bridgehead atoms. The SMILES string of the molecule is Cl.Cl.NC(N)=NC(=O)c1ccc2c3ccccc3n(C3CCNCC3)c2c1. The maximum Gasteiger partial charge on any atom is 0.280 e. The second-order valence-corrected chi connectivity index (χ2v) is 6.44. The highest BCUT2D eigenvalue weighted by molar-refractivity contribution is 6.11. The largest absolute Gasteiger partial charge is 0.370 e. The first-order valence-corrected chi connectivity index (χ1v) is 8.52. The third-order valence-electron chi connectivity index (χ3n) is 4.86. The molecular formula is C19H23Cl2N5O. The molecule has 1 aliphatic rings. The van der Waals surface area contributed by atoms with Crippen LogP contribution in [0.15, 0.2) is 47.5 Å². The van der Waals surface area contributed by atoms with Crippen molar-refractivity contribution in [1.29, 1.82) is 0 Å². The van der Waals surface area contributed by atoms with Gasteiger partial charge in [0.1, 0.15) is 0 Å². The van der Waals surface area contributed by atoms with E-state index in [1.165, 1.54) is 10.9 Å². The van der Waals surface area contributed by atoms with Crippen molar-refractivity contribution < 1.29 is 4.79 Å². The first-order chi connectivity index (χ1) is 12.1. The predicted molar refractivity (Wildman–Crippen MR) is 115 cm³/mol. The number of para-hydroxylation sites is 1. The van der Waals surface area contributed by atoms with Crippen molar-refractivity contribution in [2.24, 2.45) is 16.5 Å². The molecule has 0 unspecified atom stereocenters. The van der Waals surface area contributed by atoms with Gasteiger partial charge in [0, 0.05) is 27.9 Å². The van der Waals surface area contributed by atoms with E-state index in [-0.39, 0.29) is 30.8 Å². The van der Waals surface area contributed by atoms with Gasteiger partial charge in [-0.25, -0.2) is 0 Å². The highest BCUT2D eigenvalue weighted by atomic mass is 35.5. The maximum atomic E-state index is 12.2. The zero-order chi connectivity index (χ0) is 17.4. The Morgan fingerprint density at radius 3 is 2.37 bits per heavy atom. The Labute approximate surface area is 169 Å². The molecule has 2 heterocycles. The Morgan fingerprint density at radius 2 is 1.67 bits per heavy atom. The van der Waals surface area contributed by atoms with E-state index in [2.05, 4.69) is 33.1 Å². The second-order valence-electron chi connectivity index (χ2n) is 6.44. The van der Waals surface area contributed by atoms with Gasteiger partial charge in [-0.05, 0) is 44.1 Å². The average molecular weight is 408 g/mol. The summed E-state index contributed by atoms with van der Waals surface area (Å²) < 4.78 is 2.37. The highest BCUT2D eigenvalue weighted by Gasteiger charge is 2.21. The van der Waals surface area contributed by atoms with Gasteiger partial charge in [-0.1, -0.05) is 24.3 Å². The smallest absolute Gasteiger partial charge is 0.280 e. The van der Waals surface area contributed by atoms with E-state index in [0.29, 0.717) is 11.6 Å². The van der Waals surface area contributed by atoms with Gasteiger partial charge in [0.2, 0.25) is 0 Å². The van der Waals surface area contributed by atoms with Crippen LogP contribution in [0, 0.1) is 0 Å². The summed E-state index contributed by atoms with van der Waals surface area (Å²) in [5.41, 5.74) is 13.5. The quantitative estimate of drug-likeness (QED) is 0.449. The molecule has 3 aromatic rings. The number of carbonyl (C=O) groups is 1. The number of nitrogens with two attached hydrogens (primary N) is 2. The number of hydrogen-bond donors (Lipinski definition) is 3. The normalized spacial score (nSPS) is 14.4. The van der Waals surface area contributed by atoms with E-state index in [1.54, 1.807) is 6.07 Å². The number of hydrogen-bond acceptors (Lipinski definition) is 2. The van der Waals surface area contributed by atoms with Gasteiger partial charge in [0.15, 0.2) is 5.96 Å².